The van der Waals surface area contributed by atoms with E-state index >= 15 is 0 Å². The van der Waals surface area contributed by atoms with Crippen LogP contribution in [0.3, 0.4) is 0 Å². The average Bonchev–Trinajstić information content (AvgIpc) is 3.06. The van der Waals surface area contributed by atoms with Gasteiger partial charge in [-0.2, -0.15) is 0 Å². The van der Waals surface area contributed by atoms with Crippen molar-refractivity contribution in [2.24, 2.45) is 0 Å². The number of benzene rings is 2. The molecule has 3 rings (SSSR count). The van der Waals surface area contributed by atoms with Crippen LogP contribution in [0, 0.1) is 0 Å². The molecular formula is C17H18N4O3S. The normalized spacial score (nSPS) is 12.6. The lowest BCUT2D eigenvalue weighted by Crippen LogP contribution is -2.10. The summed E-state index contributed by atoms with van der Waals surface area (Å²) in [5.41, 5.74) is 2.18. The van der Waals surface area contributed by atoms with Crippen LogP contribution >= 0.6 is 0 Å². The lowest BCUT2D eigenvalue weighted by molar-refractivity contribution is 0.485. The van der Waals surface area contributed by atoms with Gasteiger partial charge >= 0.3 is 0 Å². The minimum absolute atomic E-state index is 0.196. The smallest absolute Gasteiger partial charge is 0.247 e. The molecule has 0 aliphatic heterocycles. The molecule has 3 aromatic rings. The third kappa shape index (κ3) is 4.57. The van der Waals surface area contributed by atoms with Crippen LogP contribution in [-0.4, -0.2) is 24.9 Å². The van der Waals surface area contributed by atoms with E-state index in [1.54, 1.807) is 24.3 Å². The molecular weight excluding hydrogens is 340 g/mol. The molecule has 2 N–H and O–H groups in total. The van der Waals surface area contributed by atoms with Gasteiger partial charge in [0.25, 0.3) is 0 Å². The van der Waals surface area contributed by atoms with Gasteiger partial charge < -0.3 is 9.73 Å². The lowest BCUT2D eigenvalue weighted by Gasteiger charge is -2.12. The molecule has 0 spiro atoms. The Morgan fingerprint density at radius 1 is 0.960 bits per heavy atom. The first-order valence-electron chi connectivity index (χ1n) is 7.64. The van der Waals surface area contributed by atoms with Crippen molar-refractivity contribution in [2.75, 3.05) is 16.3 Å². The second-order valence-corrected chi connectivity index (χ2v) is 7.38. The van der Waals surface area contributed by atoms with E-state index < -0.39 is 10.0 Å². The highest BCUT2D eigenvalue weighted by Gasteiger charge is 2.15. The molecule has 0 saturated carbocycles. The summed E-state index contributed by atoms with van der Waals surface area (Å²) in [6.45, 7) is 1.91. The Labute approximate surface area is 146 Å². The van der Waals surface area contributed by atoms with Crippen molar-refractivity contribution in [3.8, 4) is 11.5 Å². The Kier molecular flexibility index (Phi) is 4.71. The van der Waals surface area contributed by atoms with Gasteiger partial charge in [0, 0.05) is 16.9 Å². The van der Waals surface area contributed by atoms with Gasteiger partial charge in [-0.05, 0) is 43.3 Å². The number of anilines is 2. The van der Waals surface area contributed by atoms with Crippen LogP contribution in [0.25, 0.3) is 11.5 Å². The second-order valence-electron chi connectivity index (χ2n) is 5.63. The van der Waals surface area contributed by atoms with Crippen LogP contribution in [0.2, 0.25) is 0 Å². The number of nitrogens with one attached hydrogen (secondary N) is 2. The van der Waals surface area contributed by atoms with Gasteiger partial charge in [-0.25, -0.2) is 8.42 Å². The van der Waals surface area contributed by atoms with Crippen LogP contribution in [0.15, 0.2) is 59.0 Å². The molecule has 1 aromatic heterocycles. The summed E-state index contributed by atoms with van der Waals surface area (Å²) in [7, 11) is -3.28. The summed E-state index contributed by atoms with van der Waals surface area (Å²) in [6.07, 6.45) is 1.11. The van der Waals surface area contributed by atoms with E-state index in [1.807, 2.05) is 37.3 Å². The SMILES string of the molecule is CC(Nc1ccc(NS(C)(=O)=O)cc1)c1nnc(-c2ccccc2)o1. The lowest BCUT2D eigenvalue weighted by atomic mass is 10.2. The van der Waals surface area contributed by atoms with Crippen LogP contribution in [0.1, 0.15) is 18.9 Å². The Hall–Kier alpha value is -2.87. The van der Waals surface area contributed by atoms with Gasteiger partial charge in [0.15, 0.2) is 0 Å². The number of hydrogen-bond donors (Lipinski definition) is 2. The Bertz CT molecular complexity index is 938. The highest BCUT2D eigenvalue weighted by atomic mass is 32.2. The predicted octanol–water partition coefficient (Wildman–Crippen LogP) is 3.28. The maximum atomic E-state index is 11.2. The zero-order valence-electron chi connectivity index (χ0n) is 13.8. The standard InChI is InChI=1S/C17H18N4O3S/c1-12(16-19-20-17(24-16)13-6-4-3-5-7-13)18-14-8-10-15(11-9-14)21-25(2,22)23/h3-12,18,21H,1-2H3. The van der Waals surface area contributed by atoms with Crippen LogP contribution in [-0.2, 0) is 10.0 Å². The minimum Gasteiger partial charge on any atom is -0.418 e. The molecule has 0 radical (unpaired) electrons. The first-order chi connectivity index (χ1) is 11.9. The second kappa shape index (κ2) is 6.94. The summed E-state index contributed by atoms with van der Waals surface area (Å²) in [6, 6.07) is 16.3. The molecule has 1 unspecified atom stereocenters. The minimum atomic E-state index is -3.28. The number of sulfonamides is 1. The van der Waals surface area contributed by atoms with Gasteiger partial charge in [0.2, 0.25) is 21.8 Å². The fraction of sp³-hybridized carbons (Fsp3) is 0.176. The molecule has 0 aliphatic carbocycles. The zero-order valence-corrected chi connectivity index (χ0v) is 14.6. The van der Waals surface area contributed by atoms with Crippen LogP contribution in [0.4, 0.5) is 11.4 Å². The highest BCUT2D eigenvalue weighted by Crippen LogP contribution is 2.23. The largest absolute Gasteiger partial charge is 0.418 e. The van der Waals surface area contributed by atoms with Gasteiger partial charge in [0.05, 0.1) is 6.26 Å². The van der Waals surface area contributed by atoms with E-state index in [2.05, 4.69) is 20.2 Å². The van der Waals surface area contributed by atoms with Gasteiger partial charge in [-0.3, -0.25) is 4.72 Å². The van der Waals surface area contributed by atoms with Crippen LogP contribution < -0.4 is 10.0 Å². The van der Waals surface area contributed by atoms with E-state index in [0.717, 1.165) is 17.5 Å². The molecule has 2 aromatic carbocycles. The van der Waals surface area contributed by atoms with Crippen molar-refractivity contribution in [3.63, 3.8) is 0 Å². The monoisotopic (exact) mass is 358 g/mol. The van der Waals surface area contributed by atoms with Crippen molar-refractivity contribution in [1.82, 2.24) is 10.2 Å². The summed E-state index contributed by atoms with van der Waals surface area (Å²) < 4.78 is 30.6. The maximum Gasteiger partial charge on any atom is 0.247 e. The van der Waals surface area contributed by atoms with E-state index in [0.29, 0.717) is 17.5 Å². The fourth-order valence-electron chi connectivity index (χ4n) is 2.27. The Morgan fingerprint density at radius 2 is 1.60 bits per heavy atom. The molecule has 130 valence electrons. The molecule has 0 aliphatic rings. The summed E-state index contributed by atoms with van der Waals surface area (Å²) in [4.78, 5) is 0. The summed E-state index contributed by atoms with van der Waals surface area (Å²) >= 11 is 0. The van der Waals surface area contributed by atoms with Crippen molar-refractivity contribution in [1.29, 1.82) is 0 Å². The van der Waals surface area contributed by atoms with Gasteiger partial charge in [0.1, 0.15) is 6.04 Å². The quantitative estimate of drug-likeness (QED) is 0.702. The molecule has 0 saturated heterocycles. The highest BCUT2D eigenvalue weighted by molar-refractivity contribution is 7.92. The van der Waals surface area contributed by atoms with E-state index in [9.17, 15) is 8.42 Å². The van der Waals surface area contributed by atoms with Gasteiger partial charge in [-0.15, -0.1) is 10.2 Å². The molecule has 1 heterocycles. The summed E-state index contributed by atoms with van der Waals surface area (Å²) in [5.74, 6) is 0.939. The number of aromatic nitrogens is 2. The van der Waals surface area contributed by atoms with Crippen molar-refractivity contribution in [3.05, 3.63) is 60.5 Å². The predicted molar refractivity (Wildman–Crippen MR) is 96.7 cm³/mol. The number of rotatable bonds is 6. The summed E-state index contributed by atoms with van der Waals surface area (Å²) in [5, 5.41) is 11.4. The molecule has 1 atom stereocenters. The first kappa shape index (κ1) is 17.0. The number of hydrogen-bond acceptors (Lipinski definition) is 6. The molecule has 0 bridgehead atoms. The van der Waals surface area contributed by atoms with E-state index in [4.69, 9.17) is 4.42 Å². The first-order valence-corrected chi connectivity index (χ1v) is 9.53. The Balaban J connectivity index is 1.68. The third-order valence-electron chi connectivity index (χ3n) is 3.40. The Morgan fingerprint density at radius 3 is 2.24 bits per heavy atom. The van der Waals surface area contributed by atoms with Crippen molar-refractivity contribution >= 4 is 21.4 Å². The third-order valence-corrected chi connectivity index (χ3v) is 4.01. The molecule has 8 heteroatoms. The topological polar surface area (TPSA) is 97.1 Å². The molecule has 7 nitrogen and oxygen atoms in total. The average molecular weight is 358 g/mol. The maximum absolute atomic E-state index is 11.2. The fourth-order valence-corrected chi connectivity index (χ4v) is 2.83. The van der Waals surface area contributed by atoms with E-state index in [-0.39, 0.29) is 6.04 Å². The number of nitrogens with zero attached hydrogens (tertiary/aromatic N) is 2. The van der Waals surface area contributed by atoms with Crippen molar-refractivity contribution in [2.45, 2.75) is 13.0 Å². The molecule has 0 fully saturated rings. The van der Waals surface area contributed by atoms with Crippen molar-refractivity contribution < 1.29 is 12.8 Å². The molecule has 0 amide bonds. The molecule has 25 heavy (non-hydrogen) atoms. The zero-order chi connectivity index (χ0) is 17.9. The van der Waals surface area contributed by atoms with Crippen LogP contribution in [0.5, 0.6) is 0 Å². The van der Waals surface area contributed by atoms with Gasteiger partial charge in [-0.1, -0.05) is 18.2 Å². The van der Waals surface area contributed by atoms with E-state index in [1.165, 1.54) is 0 Å².